The van der Waals surface area contributed by atoms with Crippen molar-refractivity contribution in [2.24, 2.45) is 10.9 Å². The lowest BCUT2D eigenvalue weighted by atomic mass is 9.84. The summed E-state index contributed by atoms with van der Waals surface area (Å²) in [5, 5.41) is 3.45. The molecule has 1 unspecified atom stereocenters. The van der Waals surface area contributed by atoms with Crippen LogP contribution in [0.1, 0.15) is 32.8 Å². The summed E-state index contributed by atoms with van der Waals surface area (Å²) < 4.78 is 16.7. The zero-order valence-corrected chi connectivity index (χ0v) is 19.8. The van der Waals surface area contributed by atoms with E-state index < -0.39 is 0 Å². The Hall–Kier alpha value is -1.22. The molecule has 1 atom stereocenters. The summed E-state index contributed by atoms with van der Waals surface area (Å²) in [5.41, 5.74) is 1.12. The van der Waals surface area contributed by atoms with E-state index in [0.717, 1.165) is 50.1 Å². The highest BCUT2D eigenvalue weighted by atomic mass is 127. The average Bonchev–Trinajstić information content (AvgIpc) is 3.13. The Morgan fingerprint density at radius 2 is 2.04 bits per heavy atom. The van der Waals surface area contributed by atoms with Gasteiger partial charge in [-0.2, -0.15) is 0 Å². The van der Waals surface area contributed by atoms with Crippen molar-refractivity contribution in [2.75, 3.05) is 53.1 Å². The van der Waals surface area contributed by atoms with Crippen molar-refractivity contribution in [2.45, 2.75) is 32.6 Å². The molecule has 0 bridgehead atoms. The first kappa shape index (κ1) is 23.1. The lowest BCUT2D eigenvalue weighted by molar-refractivity contribution is 0.157. The molecule has 0 aromatic heterocycles. The van der Waals surface area contributed by atoms with Crippen LogP contribution in [0.4, 0.5) is 0 Å². The number of hydrogen-bond donors (Lipinski definition) is 1. The van der Waals surface area contributed by atoms with Gasteiger partial charge in [-0.05, 0) is 31.0 Å². The van der Waals surface area contributed by atoms with Gasteiger partial charge >= 0.3 is 0 Å². The molecule has 1 saturated heterocycles. The van der Waals surface area contributed by atoms with Crippen LogP contribution in [0.2, 0.25) is 0 Å². The third kappa shape index (κ3) is 5.65. The van der Waals surface area contributed by atoms with Crippen molar-refractivity contribution >= 4 is 29.9 Å². The molecule has 1 aromatic carbocycles. The lowest BCUT2D eigenvalue weighted by Gasteiger charge is -2.28. The molecule has 0 amide bonds. The molecule has 2 aliphatic heterocycles. The molecule has 158 valence electrons. The first-order valence-corrected chi connectivity index (χ1v) is 9.96. The second kappa shape index (κ2) is 10.5. The van der Waals surface area contributed by atoms with E-state index in [-0.39, 0.29) is 29.4 Å². The molecule has 28 heavy (non-hydrogen) atoms. The van der Waals surface area contributed by atoms with Crippen molar-refractivity contribution in [3.8, 4) is 11.5 Å². The van der Waals surface area contributed by atoms with E-state index in [4.69, 9.17) is 19.2 Å². The maximum atomic E-state index is 5.75. The van der Waals surface area contributed by atoms with Crippen LogP contribution < -0.4 is 14.8 Å². The van der Waals surface area contributed by atoms with Gasteiger partial charge in [0.25, 0.3) is 0 Å². The van der Waals surface area contributed by atoms with E-state index in [9.17, 15) is 0 Å². The summed E-state index contributed by atoms with van der Waals surface area (Å²) in [6.45, 7) is 12.2. The largest absolute Gasteiger partial charge is 0.486 e. The zero-order valence-electron chi connectivity index (χ0n) is 17.5. The van der Waals surface area contributed by atoms with E-state index >= 15 is 0 Å². The Balaban J connectivity index is 0.00000280. The number of rotatable bonds is 6. The van der Waals surface area contributed by atoms with E-state index in [1.165, 1.54) is 5.56 Å². The molecule has 6 nitrogen and oxygen atoms in total. The Bertz CT molecular complexity index is 666. The Labute approximate surface area is 186 Å². The van der Waals surface area contributed by atoms with Crippen LogP contribution in [0.5, 0.6) is 11.5 Å². The molecule has 7 heteroatoms. The van der Waals surface area contributed by atoms with Gasteiger partial charge in [-0.3, -0.25) is 4.99 Å². The van der Waals surface area contributed by atoms with Crippen LogP contribution in [0.3, 0.4) is 0 Å². The molecule has 0 saturated carbocycles. The topological polar surface area (TPSA) is 55.3 Å². The van der Waals surface area contributed by atoms with Gasteiger partial charge in [0.05, 0.1) is 13.2 Å². The van der Waals surface area contributed by atoms with Crippen LogP contribution in [0.15, 0.2) is 23.2 Å². The molecule has 0 radical (unpaired) electrons. The average molecular weight is 503 g/mol. The maximum absolute atomic E-state index is 5.75. The quantitative estimate of drug-likeness (QED) is 0.367. The van der Waals surface area contributed by atoms with Crippen LogP contribution in [0, 0.1) is 5.92 Å². The first-order valence-electron chi connectivity index (χ1n) is 9.96. The minimum absolute atomic E-state index is 0. The molecule has 1 N–H and O–H groups in total. The van der Waals surface area contributed by atoms with Crippen LogP contribution in [0.25, 0.3) is 0 Å². The summed E-state index contributed by atoms with van der Waals surface area (Å²) >= 11 is 0. The Morgan fingerprint density at radius 3 is 2.75 bits per heavy atom. The smallest absolute Gasteiger partial charge is 0.193 e. The predicted octanol–water partition coefficient (Wildman–Crippen LogP) is 3.29. The molecule has 2 aliphatic rings. The van der Waals surface area contributed by atoms with Gasteiger partial charge in [0.1, 0.15) is 13.2 Å². The fourth-order valence-corrected chi connectivity index (χ4v) is 3.65. The molecule has 3 rings (SSSR count). The van der Waals surface area contributed by atoms with Gasteiger partial charge < -0.3 is 24.4 Å². The van der Waals surface area contributed by atoms with E-state index in [1.54, 1.807) is 7.11 Å². The molecule has 0 aliphatic carbocycles. The van der Waals surface area contributed by atoms with E-state index in [0.29, 0.717) is 25.7 Å². The van der Waals surface area contributed by atoms with Crippen LogP contribution in [-0.2, 0) is 10.2 Å². The molecule has 1 fully saturated rings. The number of nitrogens with one attached hydrogen (secondary N) is 1. The first-order chi connectivity index (χ1) is 13.0. The third-order valence-corrected chi connectivity index (χ3v) is 5.27. The number of ether oxygens (including phenoxy) is 3. The van der Waals surface area contributed by atoms with Gasteiger partial charge in [-0.25, -0.2) is 0 Å². The van der Waals surface area contributed by atoms with Crippen molar-refractivity contribution < 1.29 is 14.2 Å². The number of methoxy groups -OCH3 is 1. The molecule has 1 aromatic rings. The molecular weight excluding hydrogens is 469 g/mol. The van der Waals surface area contributed by atoms with Gasteiger partial charge in [-0.15, -0.1) is 24.0 Å². The highest BCUT2D eigenvalue weighted by Gasteiger charge is 2.27. The lowest BCUT2D eigenvalue weighted by Crippen LogP contribution is -2.41. The zero-order chi connectivity index (χ0) is 19.3. The van der Waals surface area contributed by atoms with Crippen LogP contribution in [-0.4, -0.2) is 64.0 Å². The highest BCUT2D eigenvalue weighted by Crippen LogP contribution is 2.35. The SMILES string of the molecule is CCNC(=NCC(C)(C)c1ccc2c(c1)OCCO2)N1CCC(COC)C1.I. The molecule has 0 spiro atoms. The monoisotopic (exact) mass is 503 g/mol. The van der Waals surface area contributed by atoms with Gasteiger partial charge in [0.15, 0.2) is 17.5 Å². The van der Waals surface area contributed by atoms with Crippen LogP contribution >= 0.6 is 24.0 Å². The summed E-state index contributed by atoms with van der Waals surface area (Å²) in [7, 11) is 1.78. The Kier molecular flexibility index (Phi) is 8.67. The summed E-state index contributed by atoms with van der Waals surface area (Å²) in [4.78, 5) is 7.32. The summed E-state index contributed by atoms with van der Waals surface area (Å²) in [6.07, 6.45) is 1.16. The van der Waals surface area contributed by atoms with Crippen molar-refractivity contribution in [1.29, 1.82) is 0 Å². The summed E-state index contributed by atoms with van der Waals surface area (Å²) in [6, 6.07) is 6.23. The minimum Gasteiger partial charge on any atom is -0.486 e. The fraction of sp³-hybridized carbons (Fsp3) is 0.667. The fourth-order valence-electron chi connectivity index (χ4n) is 3.65. The third-order valence-electron chi connectivity index (χ3n) is 5.27. The number of aliphatic imine (C=N–C) groups is 1. The molecular formula is C21H34IN3O3. The van der Waals surface area contributed by atoms with Crippen molar-refractivity contribution in [3.05, 3.63) is 23.8 Å². The number of halogens is 1. The standard InChI is InChI=1S/C21H33N3O3.HI/c1-5-22-20(24-9-8-16(13-24)14-25-4)23-15-21(2,3)17-6-7-18-19(12-17)27-11-10-26-18;/h6-7,12,16H,5,8-11,13-15H2,1-4H3,(H,22,23);1H. The maximum Gasteiger partial charge on any atom is 0.193 e. The number of guanidine groups is 1. The van der Waals surface area contributed by atoms with Crippen molar-refractivity contribution in [1.82, 2.24) is 10.2 Å². The number of fused-ring (bicyclic) bond motifs is 1. The number of likely N-dealkylation sites (tertiary alicyclic amines) is 1. The second-order valence-electron chi connectivity index (χ2n) is 7.97. The molecule has 2 heterocycles. The van der Waals surface area contributed by atoms with E-state index in [1.807, 2.05) is 6.07 Å². The number of nitrogens with zero attached hydrogens (tertiary/aromatic N) is 2. The van der Waals surface area contributed by atoms with Crippen molar-refractivity contribution in [3.63, 3.8) is 0 Å². The van der Waals surface area contributed by atoms with E-state index in [2.05, 4.69) is 43.1 Å². The normalized spacial score (nSPS) is 19.4. The predicted molar refractivity (Wildman–Crippen MR) is 123 cm³/mol. The Morgan fingerprint density at radius 1 is 1.29 bits per heavy atom. The number of hydrogen-bond acceptors (Lipinski definition) is 4. The number of benzene rings is 1. The highest BCUT2D eigenvalue weighted by molar-refractivity contribution is 14.0. The second-order valence-corrected chi connectivity index (χ2v) is 7.97. The minimum atomic E-state index is -0.0951. The van der Waals surface area contributed by atoms with Gasteiger partial charge in [0.2, 0.25) is 0 Å². The van der Waals surface area contributed by atoms with Gasteiger partial charge in [-0.1, -0.05) is 19.9 Å². The van der Waals surface area contributed by atoms with Gasteiger partial charge in [0, 0.05) is 38.1 Å². The summed E-state index contributed by atoms with van der Waals surface area (Å²) in [5.74, 6) is 3.26.